The van der Waals surface area contributed by atoms with E-state index in [1.165, 1.54) is 0 Å². The van der Waals surface area contributed by atoms with E-state index < -0.39 is 0 Å². The monoisotopic (exact) mass is 389 g/mol. The Hall–Kier alpha value is -3.04. The second kappa shape index (κ2) is 8.14. The molecule has 2 aromatic heterocycles. The Bertz CT molecular complexity index is 1030. The molecule has 1 fully saturated rings. The van der Waals surface area contributed by atoms with Crippen LogP contribution in [0.15, 0.2) is 36.5 Å². The van der Waals surface area contributed by atoms with Gasteiger partial charge in [-0.25, -0.2) is 9.97 Å². The maximum absolute atomic E-state index is 5.96. The first-order chi connectivity index (χ1) is 14.1. The van der Waals surface area contributed by atoms with Crippen LogP contribution in [0, 0.1) is 12.3 Å². The van der Waals surface area contributed by atoms with E-state index in [0.717, 1.165) is 41.1 Å². The molecule has 0 radical (unpaired) electrons. The van der Waals surface area contributed by atoms with E-state index in [4.69, 9.17) is 26.9 Å². The fourth-order valence-corrected chi connectivity index (χ4v) is 4.10. The predicted molar refractivity (Wildman–Crippen MR) is 118 cm³/mol. The first kappa shape index (κ1) is 19.3. The van der Waals surface area contributed by atoms with Gasteiger partial charge in [-0.05, 0) is 57.0 Å². The number of benzene rings is 1. The van der Waals surface area contributed by atoms with Gasteiger partial charge < -0.3 is 19.9 Å². The number of aromatic nitrogens is 3. The van der Waals surface area contributed by atoms with Crippen molar-refractivity contribution < 1.29 is 4.74 Å². The van der Waals surface area contributed by atoms with Gasteiger partial charge in [0.15, 0.2) is 0 Å². The summed E-state index contributed by atoms with van der Waals surface area (Å²) in [5.74, 6) is 4.68. The zero-order chi connectivity index (χ0) is 20.4. The van der Waals surface area contributed by atoms with E-state index in [0.29, 0.717) is 31.5 Å². The highest BCUT2D eigenvalue weighted by Gasteiger charge is 2.30. The summed E-state index contributed by atoms with van der Waals surface area (Å²) in [6.07, 6.45) is 9.71. The molecule has 0 amide bonds. The Balaban J connectivity index is 1.70. The lowest BCUT2D eigenvalue weighted by molar-refractivity contribution is 0.140. The summed E-state index contributed by atoms with van der Waals surface area (Å²) < 4.78 is 7.75. The largest absolute Gasteiger partial charge is 0.399 e. The summed E-state index contributed by atoms with van der Waals surface area (Å²) in [6.45, 7) is 6.23. The van der Waals surface area contributed by atoms with Crippen molar-refractivity contribution in [2.45, 2.75) is 45.3 Å². The molecule has 29 heavy (non-hydrogen) atoms. The normalized spacial score (nSPS) is 19.0. The van der Waals surface area contributed by atoms with Crippen LogP contribution >= 0.6 is 0 Å². The van der Waals surface area contributed by atoms with Crippen LogP contribution < -0.4 is 10.6 Å². The minimum atomic E-state index is 0.113. The van der Waals surface area contributed by atoms with Gasteiger partial charge in [-0.3, -0.25) is 0 Å². The number of hydrogen-bond acceptors (Lipinski definition) is 5. The SMILES string of the molecule is C#C[C@H]1CC[C@H](C)N1c1ccc(-c2nc3cc(N)ccc3n2CCOCC)cn1. The molecule has 2 N–H and O–H groups in total. The van der Waals surface area contributed by atoms with E-state index in [-0.39, 0.29) is 6.04 Å². The molecule has 1 aliphatic rings. The van der Waals surface area contributed by atoms with Gasteiger partial charge >= 0.3 is 0 Å². The van der Waals surface area contributed by atoms with Crippen LogP contribution in [0.1, 0.15) is 26.7 Å². The molecule has 150 valence electrons. The molecule has 2 atom stereocenters. The summed E-state index contributed by atoms with van der Waals surface area (Å²) in [4.78, 5) is 11.8. The van der Waals surface area contributed by atoms with Crippen molar-refractivity contribution >= 4 is 22.5 Å². The number of pyridine rings is 1. The summed E-state index contributed by atoms with van der Waals surface area (Å²) in [5.41, 5.74) is 9.55. The molecule has 0 spiro atoms. The fourth-order valence-electron chi connectivity index (χ4n) is 4.10. The molecule has 1 aliphatic heterocycles. The van der Waals surface area contributed by atoms with Crippen LogP contribution in [0.3, 0.4) is 0 Å². The van der Waals surface area contributed by atoms with E-state index in [9.17, 15) is 0 Å². The van der Waals surface area contributed by atoms with Gasteiger partial charge in [0.1, 0.15) is 11.6 Å². The molecule has 3 heterocycles. The number of ether oxygens (including phenoxy) is 1. The molecular weight excluding hydrogens is 362 g/mol. The van der Waals surface area contributed by atoms with Crippen LogP contribution in [0.2, 0.25) is 0 Å². The molecule has 0 aliphatic carbocycles. The summed E-state index contributed by atoms with van der Waals surface area (Å²) in [6, 6.07) is 10.4. The van der Waals surface area contributed by atoms with Crippen molar-refractivity contribution in [1.82, 2.24) is 14.5 Å². The van der Waals surface area contributed by atoms with Crippen LogP contribution in [-0.4, -0.2) is 39.8 Å². The van der Waals surface area contributed by atoms with Gasteiger partial charge in [0.2, 0.25) is 0 Å². The molecule has 6 nitrogen and oxygen atoms in total. The Morgan fingerprint density at radius 3 is 2.86 bits per heavy atom. The molecule has 1 saturated heterocycles. The number of anilines is 2. The molecule has 4 rings (SSSR count). The molecular formula is C23H27N5O. The minimum absolute atomic E-state index is 0.113. The van der Waals surface area contributed by atoms with Gasteiger partial charge in [-0.1, -0.05) is 5.92 Å². The van der Waals surface area contributed by atoms with Crippen LogP contribution in [0.4, 0.5) is 11.5 Å². The van der Waals surface area contributed by atoms with Crippen molar-refractivity contribution in [3.63, 3.8) is 0 Å². The highest BCUT2D eigenvalue weighted by molar-refractivity contribution is 5.83. The quantitative estimate of drug-likeness (QED) is 0.395. The smallest absolute Gasteiger partial charge is 0.142 e. The zero-order valence-electron chi connectivity index (χ0n) is 17.0. The fraction of sp³-hybridized carbons (Fsp3) is 0.391. The number of nitrogens with two attached hydrogens (primary N) is 1. The number of rotatable bonds is 6. The molecule has 0 saturated carbocycles. The average molecular weight is 390 g/mol. The second-order valence-electron chi connectivity index (χ2n) is 7.45. The standard InChI is InChI=1S/C23H27N5O/c1-4-19-9-6-16(3)28(19)22-11-7-17(15-25-22)23-26-20-14-18(24)8-10-21(20)27(23)12-13-29-5-2/h1,7-8,10-11,14-16,19H,5-6,9,12-13,24H2,2-3H3/t16-,19-/m0/s1. The van der Waals surface area contributed by atoms with Crippen molar-refractivity contribution in [1.29, 1.82) is 0 Å². The Morgan fingerprint density at radius 2 is 2.14 bits per heavy atom. The van der Waals surface area contributed by atoms with Gasteiger partial charge in [0.25, 0.3) is 0 Å². The van der Waals surface area contributed by atoms with Gasteiger partial charge in [0.05, 0.1) is 23.7 Å². The van der Waals surface area contributed by atoms with Crippen LogP contribution in [-0.2, 0) is 11.3 Å². The number of hydrogen-bond donors (Lipinski definition) is 1. The molecule has 6 heteroatoms. The molecule has 3 aromatic rings. The Morgan fingerprint density at radius 1 is 1.28 bits per heavy atom. The third kappa shape index (κ3) is 3.66. The first-order valence-electron chi connectivity index (χ1n) is 10.2. The predicted octanol–water partition coefficient (Wildman–Crippen LogP) is 3.71. The maximum Gasteiger partial charge on any atom is 0.142 e. The second-order valence-corrected chi connectivity index (χ2v) is 7.45. The maximum atomic E-state index is 5.96. The van der Waals surface area contributed by atoms with Crippen LogP contribution in [0.25, 0.3) is 22.4 Å². The van der Waals surface area contributed by atoms with Crippen LogP contribution in [0.5, 0.6) is 0 Å². The van der Waals surface area contributed by atoms with Crippen molar-refractivity contribution in [3.05, 3.63) is 36.5 Å². The third-order valence-electron chi connectivity index (χ3n) is 5.57. The lowest BCUT2D eigenvalue weighted by atomic mass is 10.2. The third-order valence-corrected chi connectivity index (χ3v) is 5.57. The first-order valence-corrected chi connectivity index (χ1v) is 10.2. The van der Waals surface area contributed by atoms with E-state index in [2.05, 4.69) is 28.4 Å². The number of nitrogen functional groups attached to an aromatic ring is 1. The number of imidazole rings is 1. The molecule has 1 aromatic carbocycles. The van der Waals surface area contributed by atoms with E-state index in [1.54, 1.807) is 0 Å². The molecule has 0 bridgehead atoms. The van der Waals surface area contributed by atoms with Gasteiger partial charge in [-0.15, -0.1) is 6.42 Å². The number of fused-ring (bicyclic) bond motifs is 1. The average Bonchev–Trinajstić information content (AvgIpc) is 3.28. The lowest BCUT2D eigenvalue weighted by Crippen LogP contribution is -2.34. The minimum Gasteiger partial charge on any atom is -0.399 e. The topological polar surface area (TPSA) is 69.2 Å². The molecule has 0 unspecified atom stereocenters. The van der Waals surface area contributed by atoms with E-state index in [1.807, 2.05) is 37.4 Å². The van der Waals surface area contributed by atoms with Crippen molar-refractivity contribution in [2.75, 3.05) is 23.8 Å². The lowest BCUT2D eigenvalue weighted by Gasteiger charge is -2.26. The Kier molecular flexibility index (Phi) is 5.41. The van der Waals surface area contributed by atoms with Gasteiger partial charge in [0, 0.05) is 36.6 Å². The summed E-state index contributed by atoms with van der Waals surface area (Å²) >= 11 is 0. The Labute approximate surface area is 171 Å². The van der Waals surface area contributed by atoms with Crippen molar-refractivity contribution in [3.8, 4) is 23.7 Å². The van der Waals surface area contributed by atoms with Gasteiger partial charge in [-0.2, -0.15) is 0 Å². The highest BCUT2D eigenvalue weighted by Crippen LogP contribution is 2.31. The summed E-state index contributed by atoms with van der Waals surface area (Å²) in [5, 5.41) is 0. The number of nitrogens with zero attached hydrogens (tertiary/aromatic N) is 4. The highest BCUT2D eigenvalue weighted by atomic mass is 16.5. The van der Waals surface area contributed by atoms with Crippen molar-refractivity contribution in [2.24, 2.45) is 0 Å². The van der Waals surface area contributed by atoms with E-state index >= 15 is 0 Å². The zero-order valence-corrected chi connectivity index (χ0v) is 17.0. The number of terminal acetylenes is 1. The summed E-state index contributed by atoms with van der Waals surface area (Å²) in [7, 11) is 0.